The molecule has 0 amide bonds. The standard InChI is InChI=1S/C23H22N2O/c24-17-19-10-11-22(21-9-5-4-8-20(19)21)25-14-12-23(26,13-15-25)16-18-6-2-1-3-7-18/h1-11,26H,12-16H2. The van der Waals surface area contributed by atoms with Gasteiger partial charge in [-0.25, -0.2) is 0 Å². The van der Waals surface area contributed by atoms with Crippen LogP contribution in [0.3, 0.4) is 0 Å². The normalized spacial score (nSPS) is 16.4. The number of piperidine rings is 1. The molecule has 1 fully saturated rings. The Morgan fingerprint density at radius 1 is 0.885 bits per heavy atom. The van der Waals surface area contributed by atoms with Crippen LogP contribution in [0, 0.1) is 11.3 Å². The molecular formula is C23H22N2O. The first-order chi connectivity index (χ1) is 12.7. The van der Waals surface area contributed by atoms with Gasteiger partial charge in [-0.1, -0.05) is 54.6 Å². The zero-order valence-electron chi connectivity index (χ0n) is 14.7. The third-order valence-corrected chi connectivity index (χ3v) is 5.43. The summed E-state index contributed by atoms with van der Waals surface area (Å²) >= 11 is 0. The SMILES string of the molecule is N#Cc1ccc(N2CCC(O)(Cc3ccccc3)CC2)c2ccccc12. The zero-order chi connectivity index (χ0) is 18.0. The molecule has 0 aliphatic carbocycles. The topological polar surface area (TPSA) is 47.3 Å². The Morgan fingerprint density at radius 3 is 2.23 bits per heavy atom. The van der Waals surface area contributed by atoms with Gasteiger partial charge in [-0.3, -0.25) is 0 Å². The average molecular weight is 342 g/mol. The van der Waals surface area contributed by atoms with Crippen molar-refractivity contribution in [3.8, 4) is 6.07 Å². The molecule has 3 aromatic carbocycles. The molecule has 0 radical (unpaired) electrons. The van der Waals surface area contributed by atoms with Crippen molar-refractivity contribution in [2.24, 2.45) is 0 Å². The summed E-state index contributed by atoms with van der Waals surface area (Å²) in [6, 6.07) is 24.5. The molecule has 3 nitrogen and oxygen atoms in total. The molecule has 4 rings (SSSR count). The summed E-state index contributed by atoms with van der Waals surface area (Å²) in [5.41, 5.74) is 2.41. The number of nitrogens with zero attached hydrogens (tertiary/aromatic N) is 2. The minimum atomic E-state index is -0.639. The highest BCUT2D eigenvalue weighted by atomic mass is 16.3. The number of nitriles is 1. The summed E-state index contributed by atoms with van der Waals surface area (Å²) < 4.78 is 0. The third kappa shape index (κ3) is 3.16. The highest BCUT2D eigenvalue weighted by molar-refractivity contribution is 5.97. The second kappa shape index (κ2) is 6.82. The Morgan fingerprint density at radius 2 is 1.54 bits per heavy atom. The highest BCUT2D eigenvalue weighted by Crippen LogP contribution is 2.34. The largest absolute Gasteiger partial charge is 0.389 e. The minimum absolute atomic E-state index is 0.639. The molecule has 0 saturated carbocycles. The van der Waals surface area contributed by atoms with E-state index in [1.54, 1.807) is 0 Å². The molecule has 1 heterocycles. The predicted molar refractivity (Wildman–Crippen MR) is 105 cm³/mol. The van der Waals surface area contributed by atoms with Crippen LogP contribution in [0.2, 0.25) is 0 Å². The van der Waals surface area contributed by atoms with Gasteiger partial charge in [0.25, 0.3) is 0 Å². The Hall–Kier alpha value is -2.83. The molecule has 1 N–H and O–H groups in total. The fourth-order valence-electron chi connectivity index (χ4n) is 3.97. The van der Waals surface area contributed by atoms with Gasteiger partial charge in [-0.15, -0.1) is 0 Å². The van der Waals surface area contributed by atoms with Crippen LogP contribution in [0.4, 0.5) is 5.69 Å². The quantitative estimate of drug-likeness (QED) is 0.772. The number of benzene rings is 3. The summed E-state index contributed by atoms with van der Waals surface area (Å²) in [4.78, 5) is 2.34. The van der Waals surface area contributed by atoms with Gasteiger partial charge in [-0.2, -0.15) is 5.26 Å². The van der Waals surface area contributed by atoms with Crippen molar-refractivity contribution in [2.45, 2.75) is 24.9 Å². The molecule has 0 aromatic heterocycles. The lowest BCUT2D eigenvalue weighted by Crippen LogP contribution is -2.45. The summed E-state index contributed by atoms with van der Waals surface area (Å²) in [5, 5.41) is 22.5. The maximum absolute atomic E-state index is 11.0. The van der Waals surface area contributed by atoms with E-state index in [1.807, 2.05) is 48.5 Å². The predicted octanol–water partition coefficient (Wildman–Crippen LogP) is 4.29. The van der Waals surface area contributed by atoms with Crippen molar-refractivity contribution in [2.75, 3.05) is 18.0 Å². The summed E-state index contributed by atoms with van der Waals surface area (Å²) in [6.07, 6.45) is 2.20. The van der Waals surface area contributed by atoms with Crippen LogP contribution in [0.15, 0.2) is 66.7 Å². The van der Waals surface area contributed by atoms with Gasteiger partial charge in [0.1, 0.15) is 0 Å². The number of anilines is 1. The number of rotatable bonds is 3. The molecule has 1 saturated heterocycles. The third-order valence-electron chi connectivity index (χ3n) is 5.43. The highest BCUT2D eigenvalue weighted by Gasteiger charge is 2.32. The van der Waals surface area contributed by atoms with E-state index in [0.717, 1.165) is 42.4 Å². The van der Waals surface area contributed by atoms with Crippen LogP contribution in [0.25, 0.3) is 10.8 Å². The Labute approximate surface area is 154 Å². The lowest BCUT2D eigenvalue weighted by Gasteiger charge is -2.40. The maximum atomic E-state index is 11.0. The number of aliphatic hydroxyl groups is 1. The van der Waals surface area contributed by atoms with E-state index >= 15 is 0 Å². The Kier molecular flexibility index (Phi) is 4.36. The van der Waals surface area contributed by atoms with Crippen molar-refractivity contribution in [1.29, 1.82) is 5.26 Å². The van der Waals surface area contributed by atoms with E-state index in [1.165, 1.54) is 5.56 Å². The van der Waals surface area contributed by atoms with Crippen LogP contribution >= 0.6 is 0 Å². The van der Waals surface area contributed by atoms with Crippen LogP contribution in [-0.2, 0) is 6.42 Å². The van der Waals surface area contributed by atoms with Crippen LogP contribution in [0.1, 0.15) is 24.0 Å². The van der Waals surface area contributed by atoms with E-state index in [9.17, 15) is 10.4 Å². The zero-order valence-corrected chi connectivity index (χ0v) is 14.7. The van der Waals surface area contributed by atoms with Crippen LogP contribution < -0.4 is 4.90 Å². The van der Waals surface area contributed by atoms with Gasteiger partial charge in [-0.05, 0) is 30.5 Å². The van der Waals surface area contributed by atoms with Gasteiger partial charge in [0.2, 0.25) is 0 Å². The molecule has 0 atom stereocenters. The van der Waals surface area contributed by atoms with Gasteiger partial charge in [0.15, 0.2) is 0 Å². The maximum Gasteiger partial charge on any atom is 0.0998 e. The first-order valence-electron chi connectivity index (χ1n) is 9.12. The fourth-order valence-corrected chi connectivity index (χ4v) is 3.97. The van der Waals surface area contributed by atoms with Crippen molar-refractivity contribution in [3.63, 3.8) is 0 Å². The molecule has 1 aliphatic rings. The van der Waals surface area contributed by atoms with Gasteiger partial charge >= 0.3 is 0 Å². The fraction of sp³-hybridized carbons (Fsp3) is 0.261. The van der Waals surface area contributed by atoms with E-state index in [-0.39, 0.29) is 0 Å². The first-order valence-corrected chi connectivity index (χ1v) is 9.12. The average Bonchev–Trinajstić information content (AvgIpc) is 2.68. The van der Waals surface area contributed by atoms with E-state index in [2.05, 4.69) is 29.2 Å². The minimum Gasteiger partial charge on any atom is -0.389 e. The Balaban J connectivity index is 1.55. The summed E-state index contributed by atoms with van der Waals surface area (Å²) in [7, 11) is 0. The second-order valence-electron chi connectivity index (χ2n) is 7.16. The van der Waals surface area contributed by atoms with Crippen LogP contribution in [0.5, 0.6) is 0 Å². The van der Waals surface area contributed by atoms with Gasteiger partial charge in [0, 0.05) is 36.0 Å². The van der Waals surface area contributed by atoms with Gasteiger partial charge in [0.05, 0.1) is 17.2 Å². The summed E-state index contributed by atoms with van der Waals surface area (Å²) in [5.74, 6) is 0. The molecule has 26 heavy (non-hydrogen) atoms. The molecule has 0 unspecified atom stereocenters. The van der Waals surface area contributed by atoms with Gasteiger partial charge < -0.3 is 10.0 Å². The van der Waals surface area contributed by atoms with Crippen LogP contribution in [-0.4, -0.2) is 23.8 Å². The van der Waals surface area contributed by atoms with Crippen molar-refractivity contribution in [1.82, 2.24) is 0 Å². The Bertz CT molecular complexity index is 951. The monoisotopic (exact) mass is 342 g/mol. The molecule has 130 valence electrons. The van der Waals surface area contributed by atoms with E-state index < -0.39 is 5.60 Å². The molecule has 1 aliphatic heterocycles. The molecular weight excluding hydrogens is 320 g/mol. The lowest BCUT2D eigenvalue weighted by atomic mass is 9.85. The number of fused-ring (bicyclic) bond motifs is 1. The first kappa shape index (κ1) is 16.6. The molecule has 3 heteroatoms. The molecule has 0 spiro atoms. The van der Waals surface area contributed by atoms with E-state index in [4.69, 9.17) is 0 Å². The molecule has 3 aromatic rings. The van der Waals surface area contributed by atoms with Crippen molar-refractivity contribution in [3.05, 3.63) is 77.9 Å². The van der Waals surface area contributed by atoms with E-state index in [0.29, 0.717) is 12.0 Å². The number of hydrogen-bond donors (Lipinski definition) is 1. The lowest BCUT2D eigenvalue weighted by molar-refractivity contribution is 0.0166. The second-order valence-corrected chi connectivity index (χ2v) is 7.16. The summed E-state index contributed by atoms with van der Waals surface area (Å²) in [6.45, 7) is 1.64. The smallest absolute Gasteiger partial charge is 0.0998 e. The van der Waals surface area contributed by atoms with Crippen molar-refractivity contribution < 1.29 is 5.11 Å². The van der Waals surface area contributed by atoms with Crippen molar-refractivity contribution >= 4 is 16.5 Å². The number of hydrogen-bond acceptors (Lipinski definition) is 3. The molecule has 0 bridgehead atoms.